The molecule has 2 aromatic heterocycles. The predicted octanol–water partition coefficient (Wildman–Crippen LogP) is 5.82. The first kappa shape index (κ1) is 20.2. The van der Waals surface area contributed by atoms with E-state index in [0.717, 1.165) is 39.2 Å². The maximum absolute atomic E-state index is 6.46. The van der Waals surface area contributed by atoms with Crippen molar-refractivity contribution >= 4 is 33.5 Å². The average Bonchev–Trinajstić information content (AvgIpc) is 3.21. The summed E-state index contributed by atoms with van der Waals surface area (Å²) >= 11 is 6.46. The van der Waals surface area contributed by atoms with Gasteiger partial charge in [-0.2, -0.15) is 0 Å². The summed E-state index contributed by atoms with van der Waals surface area (Å²) in [5, 5.41) is 1.21. The summed E-state index contributed by atoms with van der Waals surface area (Å²) in [4.78, 5) is 9.20. The molecular weight excluding hydrogens is 426 g/mol. The Hall–Kier alpha value is -3.77. The van der Waals surface area contributed by atoms with E-state index < -0.39 is 0 Å². The number of halogens is 1. The molecule has 0 saturated carbocycles. The molecule has 32 heavy (non-hydrogen) atoms. The van der Waals surface area contributed by atoms with Crippen molar-refractivity contribution in [2.45, 2.75) is 6.61 Å². The summed E-state index contributed by atoms with van der Waals surface area (Å²) in [6.07, 6.45) is 1.60. The Morgan fingerprint density at radius 3 is 2.41 bits per heavy atom. The van der Waals surface area contributed by atoms with E-state index in [1.165, 1.54) is 0 Å². The zero-order valence-electron chi connectivity index (χ0n) is 17.6. The standard InChI is InChI=1S/C25H20ClN3O3/c1-30-17-9-7-16(8-10-17)29-23-6-4-3-5-22(23)28-24(29)15-32-25-19-13-18(31-2)11-12-21(19)27-14-20(25)26/h3-14H,15H2,1-2H3. The largest absolute Gasteiger partial charge is 0.497 e. The molecule has 0 atom stereocenters. The minimum Gasteiger partial charge on any atom is -0.497 e. The second-order valence-electron chi connectivity index (χ2n) is 7.16. The van der Waals surface area contributed by atoms with Crippen molar-refractivity contribution in [3.05, 3.63) is 83.8 Å². The number of hydrogen-bond donors (Lipinski definition) is 0. The first-order chi connectivity index (χ1) is 15.7. The van der Waals surface area contributed by atoms with Gasteiger partial charge in [0.05, 0.1) is 30.8 Å². The van der Waals surface area contributed by atoms with E-state index in [4.69, 9.17) is 30.8 Å². The fourth-order valence-corrected chi connectivity index (χ4v) is 3.93. The molecule has 0 aliphatic heterocycles. The Bertz CT molecular complexity index is 1410. The molecule has 0 unspecified atom stereocenters. The SMILES string of the molecule is COc1ccc(-n2c(COc3c(Cl)cnc4ccc(OC)cc34)nc3ccccc32)cc1. The Morgan fingerprint density at radius 1 is 0.875 bits per heavy atom. The number of ether oxygens (including phenoxy) is 3. The van der Waals surface area contributed by atoms with E-state index >= 15 is 0 Å². The first-order valence-corrected chi connectivity index (χ1v) is 10.4. The maximum Gasteiger partial charge on any atom is 0.152 e. The van der Waals surface area contributed by atoms with Gasteiger partial charge in [0, 0.05) is 17.3 Å². The second kappa shape index (κ2) is 8.40. The molecule has 5 aromatic rings. The molecule has 0 radical (unpaired) electrons. The highest BCUT2D eigenvalue weighted by Crippen LogP contribution is 2.35. The van der Waals surface area contributed by atoms with Crippen LogP contribution >= 0.6 is 11.6 Å². The zero-order valence-corrected chi connectivity index (χ0v) is 18.3. The lowest BCUT2D eigenvalue weighted by Gasteiger charge is -2.14. The lowest BCUT2D eigenvalue weighted by atomic mass is 10.2. The third-order valence-corrected chi connectivity index (χ3v) is 5.56. The number of pyridine rings is 1. The summed E-state index contributed by atoms with van der Waals surface area (Å²) in [5.41, 5.74) is 3.61. The van der Waals surface area contributed by atoms with Crippen LogP contribution in [0.2, 0.25) is 5.02 Å². The van der Waals surface area contributed by atoms with Crippen LogP contribution in [0.3, 0.4) is 0 Å². The number of fused-ring (bicyclic) bond motifs is 2. The van der Waals surface area contributed by atoms with Gasteiger partial charge in [-0.15, -0.1) is 0 Å². The highest BCUT2D eigenvalue weighted by molar-refractivity contribution is 6.33. The Balaban J connectivity index is 1.57. The van der Waals surface area contributed by atoms with E-state index in [9.17, 15) is 0 Å². The molecule has 5 rings (SSSR count). The van der Waals surface area contributed by atoms with Crippen LogP contribution in [0, 0.1) is 0 Å². The fourth-order valence-electron chi connectivity index (χ4n) is 3.73. The smallest absolute Gasteiger partial charge is 0.152 e. The van der Waals surface area contributed by atoms with Gasteiger partial charge in [-0.25, -0.2) is 4.98 Å². The number of hydrogen-bond acceptors (Lipinski definition) is 5. The molecule has 0 saturated heterocycles. The Morgan fingerprint density at radius 2 is 1.62 bits per heavy atom. The summed E-state index contributed by atoms with van der Waals surface area (Å²) in [6, 6.07) is 21.4. The highest BCUT2D eigenvalue weighted by Gasteiger charge is 2.16. The van der Waals surface area contributed by atoms with Crippen molar-refractivity contribution in [3.63, 3.8) is 0 Å². The average molecular weight is 446 g/mol. The fraction of sp³-hybridized carbons (Fsp3) is 0.120. The lowest BCUT2D eigenvalue weighted by Crippen LogP contribution is -2.06. The minimum absolute atomic E-state index is 0.219. The van der Waals surface area contributed by atoms with Crippen LogP contribution < -0.4 is 14.2 Å². The molecule has 0 aliphatic rings. The van der Waals surface area contributed by atoms with Crippen molar-refractivity contribution in [1.82, 2.24) is 14.5 Å². The van der Waals surface area contributed by atoms with Gasteiger partial charge < -0.3 is 14.2 Å². The third kappa shape index (κ3) is 3.59. The van der Waals surface area contributed by atoms with Gasteiger partial charge in [0.2, 0.25) is 0 Å². The van der Waals surface area contributed by atoms with Gasteiger partial charge in [-0.05, 0) is 54.6 Å². The van der Waals surface area contributed by atoms with Crippen LogP contribution in [0.4, 0.5) is 0 Å². The first-order valence-electron chi connectivity index (χ1n) is 10.0. The summed E-state index contributed by atoms with van der Waals surface area (Å²) in [7, 11) is 3.27. The summed E-state index contributed by atoms with van der Waals surface area (Å²) < 4.78 is 19.0. The number of nitrogens with zero attached hydrogens (tertiary/aromatic N) is 3. The number of rotatable bonds is 6. The molecule has 0 amide bonds. The van der Waals surface area contributed by atoms with Gasteiger partial charge >= 0.3 is 0 Å². The zero-order chi connectivity index (χ0) is 22.1. The normalized spacial score (nSPS) is 11.1. The van der Waals surface area contributed by atoms with Crippen LogP contribution in [-0.4, -0.2) is 28.8 Å². The molecule has 0 aliphatic carbocycles. The van der Waals surface area contributed by atoms with Crippen molar-refractivity contribution in [2.75, 3.05) is 14.2 Å². The Kier molecular flexibility index (Phi) is 5.29. The van der Waals surface area contributed by atoms with Gasteiger partial charge in [0.1, 0.15) is 28.9 Å². The van der Waals surface area contributed by atoms with Gasteiger partial charge in [-0.3, -0.25) is 9.55 Å². The number of benzene rings is 3. The van der Waals surface area contributed by atoms with E-state index in [1.54, 1.807) is 20.4 Å². The molecule has 7 heteroatoms. The lowest BCUT2D eigenvalue weighted by molar-refractivity contribution is 0.298. The molecule has 3 aromatic carbocycles. The van der Waals surface area contributed by atoms with Crippen molar-refractivity contribution in [1.29, 1.82) is 0 Å². The van der Waals surface area contributed by atoms with E-state index in [-0.39, 0.29) is 6.61 Å². The maximum atomic E-state index is 6.46. The molecule has 0 fully saturated rings. The topological polar surface area (TPSA) is 58.4 Å². The second-order valence-corrected chi connectivity index (χ2v) is 7.56. The Labute approximate surface area is 190 Å². The third-order valence-electron chi connectivity index (χ3n) is 5.29. The van der Waals surface area contributed by atoms with E-state index in [2.05, 4.69) is 9.55 Å². The van der Waals surface area contributed by atoms with Crippen LogP contribution in [-0.2, 0) is 6.61 Å². The highest BCUT2D eigenvalue weighted by atomic mass is 35.5. The van der Waals surface area contributed by atoms with Crippen molar-refractivity contribution in [3.8, 4) is 22.9 Å². The minimum atomic E-state index is 0.219. The number of aromatic nitrogens is 3. The number of imidazole rings is 1. The van der Waals surface area contributed by atoms with Crippen molar-refractivity contribution in [2.24, 2.45) is 0 Å². The van der Waals surface area contributed by atoms with E-state index in [0.29, 0.717) is 16.5 Å². The quantitative estimate of drug-likeness (QED) is 0.329. The molecule has 0 bridgehead atoms. The van der Waals surface area contributed by atoms with Crippen LogP contribution in [0.25, 0.3) is 27.6 Å². The molecular formula is C25H20ClN3O3. The van der Waals surface area contributed by atoms with Crippen LogP contribution in [0.1, 0.15) is 5.82 Å². The number of para-hydroxylation sites is 2. The summed E-state index contributed by atoms with van der Waals surface area (Å²) in [5.74, 6) is 2.79. The summed E-state index contributed by atoms with van der Waals surface area (Å²) in [6.45, 7) is 0.219. The van der Waals surface area contributed by atoms with E-state index in [1.807, 2.05) is 66.7 Å². The van der Waals surface area contributed by atoms with Gasteiger partial charge in [0.25, 0.3) is 0 Å². The van der Waals surface area contributed by atoms with Gasteiger partial charge in [-0.1, -0.05) is 23.7 Å². The molecule has 0 N–H and O–H groups in total. The molecule has 160 valence electrons. The molecule has 0 spiro atoms. The monoisotopic (exact) mass is 445 g/mol. The molecule has 2 heterocycles. The van der Waals surface area contributed by atoms with Crippen LogP contribution in [0.5, 0.6) is 17.2 Å². The molecule has 6 nitrogen and oxygen atoms in total. The van der Waals surface area contributed by atoms with Crippen LogP contribution in [0.15, 0.2) is 72.9 Å². The number of methoxy groups -OCH3 is 2. The van der Waals surface area contributed by atoms with Gasteiger partial charge in [0.15, 0.2) is 5.82 Å². The predicted molar refractivity (Wildman–Crippen MR) is 125 cm³/mol. The van der Waals surface area contributed by atoms with Crippen molar-refractivity contribution < 1.29 is 14.2 Å².